The van der Waals surface area contributed by atoms with Gasteiger partial charge in [-0.25, -0.2) is 0 Å². The topological polar surface area (TPSA) is 79.2 Å². The Bertz CT molecular complexity index is 504. The van der Waals surface area contributed by atoms with Crippen LogP contribution in [0.3, 0.4) is 0 Å². The molecule has 0 aromatic carbocycles. The van der Waals surface area contributed by atoms with E-state index in [-0.39, 0.29) is 6.61 Å². The van der Waals surface area contributed by atoms with Crippen molar-refractivity contribution in [2.45, 2.75) is 89.5 Å². The Hall–Kier alpha value is -0.460. The lowest BCUT2D eigenvalue weighted by Gasteiger charge is -2.52. The van der Waals surface area contributed by atoms with Crippen molar-refractivity contribution in [3.63, 3.8) is 0 Å². The van der Waals surface area contributed by atoms with Gasteiger partial charge in [-0.05, 0) is 69.6 Å². The van der Waals surface area contributed by atoms with Crippen molar-refractivity contribution in [3.05, 3.63) is 12.2 Å². The second-order valence-electron chi connectivity index (χ2n) is 9.16. The monoisotopic (exact) mass is 354 g/mol. The second-order valence-corrected chi connectivity index (χ2v) is 9.16. The summed E-state index contributed by atoms with van der Waals surface area (Å²) in [5.74, 6) is 0.882. The van der Waals surface area contributed by atoms with Crippen molar-refractivity contribution < 1.29 is 24.8 Å². The van der Waals surface area contributed by atoms with E-state index >= 15 is 0 Å². The molecule has 144 valence electrons. The third-order valence-corrected chi connectivity index (χ3v) is 7.02. The minimum absolute atomic E-state index is 0.0266. The SMILES string of the molecule is C=C1CCCC2(C)CCC(C(C)(C)OC3OCC(O)C(O)C3O)CC12. The highest BCUT2D eigenvalue weighted by Crippen LogP contribution is 2.55. The Balaban J connectivity index is 1.67. The molecule has 1 heterocycles. The zero-order chi connectivity index (χ0) is 18.4. The summed E-state index contributed by atoms with van der Waals surface area (Å²) in [6, 6.07) is 0. The summed E-state index contributed by atoms with van der Waals surface area (Å²) in [5.41, 5.74) is 1.26. The van der Waals surface area contributed by atoms with Gasteiger partial charge >= 0.3 is 0 Å². The van der Waals surface area contributed by atoms with Crippen molar-refractivity contribution in [2.24, 2.45) is 17.3 Å². The van der Waals surface area contributed by atoms with Crippen LogP contribution in [0, 0.1) is 17.3 Å². The molecule has 2 aliphatic carbocycles. The van der Waals surface area contributed by atoms with Gasteiger partial charge in [0, 0.05) is 0 Å². The van der Waals surface area contributed by atoms with E-state index in [4.69, 9.17) is 9.47 Å². The standard InChI is InChI=1S/C20H34O5/c1-12-6-5-8-20(4)9-7-13(10-14(12)20)19(2,3)25-18-17(23)16(22)15(21)11-24-18/h13-18,21-23H,1,5-11H2,2-4H3. The summed E-state index contributed by atoms with van der Waals surface area (Å²) in [6.45, 7) is 10.8. The number of hydrogen-bond acceptors (Lipinski definition) is 5. The van der Waals surface area contributed by atoms with Crippen LogP contribution in [0.15, 0.2) is 12.2 Å². The van der Waals surface area contributed by atoms with Gasteiger partial charge in [-0.3, -0.25) is 0 Å². The number of allylic oxidation sites excluding steroid dienone is 1. The lowest BCUT2D eigenvalue weighted by molar-refractivity contribution is -0.305. The number of aliphatic hydroxyl groups excluding tert-OH is 3. The average molecular weight is 354 g/mol. The number of hydrogen-bond donors (Lipinski definition) is 3. The summed E-state index contributed by atoms with van der Waals surface area (Å²) in [4.78, 5) is 0. The Morgan fingerprint density at radius 1 is 1.20 bits per heavy atom. The Labute approximate surface area is 151 Å². The summed E-state index contributed by atoms with van der Waals surface area (Å²) >= 11 is 0. The van der Waals surface area contributed by atoms with Gasteiger partial charge in [0.25, 0.3) is 0 Å². The quantitative estimate of drug-likeness (QED) is 0.678. The van der Waals surface area contributed by atoms with Crippen LogP contribution < -0.4 is 0 Å². The zero-order valence-electron chi connectivity index (χ0n) is 15.8. The largest absolute Gasteiger partial charge is 0.388 e. The lowest BCUT2D eigenvalue weighted by atomic mass is 9.55. The van der Waals surface area contributed by atoms with E-state index in [1.54, 1.807) is 0 Å². The van der Waals surface area contributed by atoms with Gasteiger partial charge in [0.15, 0.2) is 6.29 Å². The van der Waals surface area contributed by atoms with E-state index in [0.29, 0.717) is 17.3 Å². The molecule has 3 N–H and O–H groups in total. The van der Waals surface area contributed by atoms with Gasteiger partial charge in [0.1, 0.15) is 18.3 Å². The maximum atomic E-state index is 10.2. The first kappa shape index (κ1) is 19.3. The molecule has 1 aliphatic heterocycles. The van der Waals surface area contributed by atoms with Gasteiger partial charge in [0.05, 0.1) is 12.2 Å². The highest BCUT2D eigenvalue weighted by atomic mass is 16.7. The molecular weight excluding hydrogens is 320 g/mol. The van der Waals surface area contributed by atoms with E-state index in [1.807, 2.05) is 13.8 Å². The van der Waals surface area contributed by atoms with Gasteiger partial charge < -0.3 is 24.8 Å². The first-order valence-electron chi connectivity index (χ1n) is 9.65. The fraction of sp³-hybridized carbons (Fsp3) is 0.900. The molecule has 3 fully saturated rings. The summed E-state index contributed by atoms with van der Waals surface area (Å²) in [7, 11) is 0. The predicted molar refractivity (Wildman–Crippen MR) is 94.9 cm³/mol. The fourth-order valence-electron chi connectivity index (χ4n) is 5.13. The molecule has 5 nitrogen and oxygen atoms in total. The third kappa shape index (κ3) is 3.67. The van der Waals surface area contributed by atoms with Crippen LogP contribution in [0.2, 0.25) is 0 Å². The van der Waals surface area contributed by atoms with E-state index < -0.39 is 30.2 Å². The van der Waals surface area contributed by atoms with Crippen LogP contribution >= 0.6 is 0 Å². The number of aliphatic hydroxyl groups is 3. The average Bonchev–Trinajstić information content (AvgIpc) is 2.55. The maximum absolute atomic E-state index is 10.2. The molecule has 0 aromatic rings. The van der Waals surface area contributed by atoms with E-state index in [2.05, 4.69) is 13.5 Å². The lowest BCUT2D eigenvalue weighted by Crippen LogP contribution is -2.56. The first-order valence-corrected chi connectivity index (χ1v) is 9.65. The minimum atomic E-state index is -1.23. The van der Waals surface area contributed by atoms with Crippen molar-refractivity contribution >= 4 is 0 Å². The molecule has 3 rings (SSSR count). The van der Waals surface area contributed by atoms with Gasteiger partial charge in [-0.1, -0.05) is 19.1 Å². The van der Waals surface area contributed by atoms with Gasteiger partial charge in [-0.15, -0.1) is 0 Å². The second kappa shape index (κ2) is 6.93. The van der Waals surface area contributed by atoms with Gasteiger partial charge in [0.2, 0.25) is 0 Å². The van der Waals surface area contributed by atoms with Crippen LogP contribution in [-0.4, -0.2) is 52.1 Å². The molecule has 0 radical (unpaired) electrons. The van der Waals surface area contributed by atoms with E-state index in [1.165, 1.54) is 24.8 Å². The van der Waals surface area contributed by atoms with Crippen LogP contribution in [-0.2, 0) is 9.47 Å². The highest BCUT2D eigenvalue weighted by Gasteiger charge is 2.48. The molecule has 3 aliphatic rings. The Kier molecular flexibility index (Phi) is 5.35. The molecule has 7 atom stereocenters. The zero-order valence-corrected chi connectivity index (χ0v) is 15.8. The molecule has 0 bridgehead atoms. The molecule has 1 saturated heterocycles. The molecule has 0 spiro atoms. The molecule has 2 saturated carbocycles. The number of rotatable bonds is 3. The summed E-state index contributed by atoms with van der Waals surface area (Å²) in [6.07, 6.45) is 2.51. The smallest absolute Gasteiger partial charge is 0.186 e. The highest BCUT2D eigenvalue weighted by molar-refractivity contribution is 5.13. The van der Waals surface area contributed by atoms with E-state index in [0.717, 1.165) is 19.3 Å². The first-order chi connectivity index (χ1) is 11.6. The molecule has 5 heteroatoms. The fourth-order valence-corrected chi connectivity index (χ4v) is 5.13. The Morgan fingerprint density at radius 3 is 2.64 bits per heavy atom. The Morgan fingerprint density at radius 2 is 1.92 bits per heavy atom. The van der Waals surface area contributed by atoms with E-state index in [9.17, 15) is 15.3 Å². The van der Waals surface area contributed by atoms with Crippen LogP contribution in [0.4, 0.5) is 0 Å². The normalized spacial score (nSPS) is 45.9. The minimum Gasteiger partial charge on any atom is -0.388 e. The molecule has 25 heavy (non-hydrogen) atoms. The molecule has 0 aromatic heterocycles. The van der Waals surface area contributed by atoms with Crippen LogP contribution in [0.5, 0.6) is 0 Å². The van der Waals surface area contributed by atoms with Crippen molar-refractivity contribution in [2.75, 3.05) is 6.61 Å². The van der Waals surface area contributed by atoms with Gasteiger partial charge in [-0.2, -0.15) is 0 Å². The van der Waals surface area contributed by atoms with Crippen molar-refractivity contribution in [1.29, 1.82) is 0 Å². The maximum Gasteiger partial charge on any atom is 0.186 e. The van der Waals surface area contributed by atoms with Crippen LogP contribution in [0.1, 0.15) is 59.3 Å². The van der Waals surface area contributed by atoms with Crippen LogP contribution in [0.25, 0.3) is 0 Å². The molecule has 7 unspecified atom stereocenters. The van der Waals surface area contributed by atoms with Crippen molar-refractivity contribution in [3.8, 4) is 0 Å². The number of fused-ring (bicyclic) bond motifs is 1. The third-order valence-electron chi connectivity index (χ3n) is 7.02. The summed E-state index contributed by atoms with van der Waals surface area (Å²) < 4.78 is 11.6. The van der Waals surface area contributed by atoms with Crippen molar-refractivity contribution in [1.82, 2.24) is 0 Å². The predicted octanol–water partition coefficient (Wildman–Crippen LogP) is 2.38. The molecule has 0 amide bonds. The number of ether oxygens (including phenoxy) is 2. The molecular formula is C20H34O5. The summed E-state index contributed by atoms with van der Waals surface area (Å²) in [5, 5.41) is 29.6.